The van der Waals surface area contributed by atoms with Crippen LogP contribution in [-0.2, 0) is 9.59 Å². The Kier molecular flexibility index (Phi) is 2.77. The minimum absolute atomic E-state index is 0.161. The number of carbonyl (C=O) groups excluding carboxylic acids is 2. The number of carbonyl (C=O) groups is 2. The highest BCUT2D eigenvalue weighted by Crippen LogP contribution is 2.28. The molecule has 0 bridgehead atoms. The fourth-order valence-corrected chi connectivity index (χ4v) is 2.14. The molecule has 3 nitrogen and oxygen atoms in total. The van der Waals surface area contributed by atoms with Crippen molar-refractivity contribution in [3.63, 3.8) is 0 Å². The Hall–Kier alpha value is -1.64. The summed E-state index contributed by atoms with van der Waals surface area (Å²) in [5.41, 5.74) is 3.38. The molecule has 1 aromatic carbocycles. The smallest absolute Gasteiger partial charge is 0.234 e. The Morgan fingerprint density at radius 3 is 2.69 bits per heavy atom. The second-order valence-corrected chi connectivity index (χ2v) is 4.29. The molecule has 1 aliphatic heterocycles. The van der Waals surface area contributed by atoms with Crippen molar-refractivity contribution in [2.45, 2.75) is 32.6 Å². The number of amides is 2. The maximum Gasteiger partial charge on any atom is 0.234 e. The van der Waals surface area contributed by atoms with E-state index in [9.17, 15) is 9.59 Å². The van der Waals surface area contributed by atoms with E-state index in [1.54, 1.807) is 0 Å². The zero-order valence-corrected chi connectivity index (χ0v) is 9.54. The molecule has 0 aliphatic carbocycles. The first-order chi connectivity index (χ1) is 7.59. The van der Waals surface area contributed by atoms with E-state index in [1.165, 1.54) is 5.56 Å². The summed E-state index contributed by atoms with van der Waals surface area (Å²) in [4.78, 5) is 22.8. The van der Waals surface area contributed by atoms with Crippen LogP contribution >= 0.6 is 0 Å². The molecule has 1 aliphatic rings. The first-order valence-electron chi connectivity index (χ1n) is 5.49. The normalized spacial score (nSPS) is 20.8. The van der Waals surface area contributed by atoms with Crippen LogP contribution in [0.1, 0.15) is 35.4 Å². The van der Waals surface area contributed by atoms with Crippen LogP contribution in [-0.4, -0.2) is 11.8 Å². The average Bonchev–Trinajstić information content (AvgIpc) is 2.23. The average molecular weight is 217 g/mol. The number of nitrogens with one attached hydrogen (secondary N) is 1. The summed E-state index contributed by atoms with van der Waals surface area (Å²) >= 11 is 0. The van der Waals surface area contributed by atoms with Crippen LogP contribution < -0.4 is 5.32 Å². The molecule has 0 aromatic heterocycles. The van der Waals surface area contributed by atoms with Crippen LogP contribution in [0.5, 0.6) is 0 Å². The monoisotopic (exact) mass is 217 g/mol. The lowest BCUT2D eigenvalue weighted by Crippen LogP contribution is -2.39. The molecule has 0 spiro atoms. The lowest BCUT2D eigenvalue weighted by atomic mass is 9.86. The van der Waals surface area contributed by atoms with Gasteiger partial charge in [0.25, 0.3) is 0 Å². The molecule has 1 fully saturated rings. The number of hydrogen-bond acceptors (Lipinski definition) is 2. The molecule has 0 saturated carbocycles. The molecule has 2 amide bonds. The molecule has 1 atom stereocenters. The summed E-state index contributed by atoms with van der Waals surface area (Å²) in [5, 5.41) is 2.40. The van der Waals surface area contributed by atoms with Gasteiger partial charge in [0.15, 0.2) is 0 Å². The summed E-state index contributed by atoms with van der Waals surface area (Å²) in [6.45, 7) is 4.05. The summed E-state index contributed by atoms with van der Waals surface area (Å²) in [5.74, 6) is -0.492. The third kappa shape index (κ3) is 1.85. The topological polar surface area (TPSA) is 46.2 Å². The quantitative estimate of drug-likeness (QED) is 0.729. The second-order valence-electron chi connectivity index (χ2n) is 4.29. The first-order valence-corrected chi connectivity index (χ1v) is 5.49. The Balaban J connectivity index is 2.34. The van der Waals surface area contributed by atoms with Gasteiger partial charge in [0.2, 0.25) is 11.8 Å². The van der Waals surface area contributed by atoms with Gasteiger partial charge in [-0.25, -0.2) is 0 Å². The molecule has 1 saturated heterocycles. The van der Waals surface area contributed by atoms with Gasteiger partial charge in [-0.3, -0.25) is 14.9 Å². The molecule has 3 heteroatoms. The van der Waals surface area contributed by atoms with Crippen LogP contribution in [0.4, 0.5) is 0 Å². The van der Waals surface area contributed by atoms with E-state index in [2.05, 4.69) is 5.32 Å². The number of benzene rings is 1. The van der Waals surface area contributed by atoms with Crippen molar-refractivity contribution in [3.05, 3.63) is 34.9 Å². The van der Waals surface area contributed by atoms with Crippen LogP contribution in [0.3, 0.4) is 0 Å². The van der Waals surface area contributed by atoms with Gasteiger partial charge in [-0.1, -0.05) is 18.2 Å². The largest absolute Gasteiger partial charge is 0.296 e. The van der Waals surface area contributed by atoms with Crippen molar-refractivity contribution in [1.29, 1.82) is 0 Å². The minimum atomic E-state index is -0.169. The standard InChI is InChI=1S/C13H15NO2/c1-8-4-3-5-10(9(8)2)11-6-7-12(15)14-13(11)16/h3-5,11H,6-7H2,1-2H3,(H,14,15,16). The van der Waals surface area contributed by atoms with E-state index >= 15 is 0 Å². The highest BCUT2D eigenvalue weighted by molar-refractivity contribution is 6.01. The second kappa shape index (κ2) is 4.08. The fraction of sp³-hybridized carbons (Fsp3) is 0.385. The van der Waals surface area contributed by atoms with Crippen LogP contribution in [0.15, 0.2) is 18.2 Å². The van der Waals surface area contributed by atoms with Gasteiger partial charge >= 0.3 is 0 Å². The molecular formula is C13H15NO2. The van der Waals surface area contributed by atoms with E-state index in [4.69, 9.17) is 0 Å². The Morgan fingerprint density at radius 2 is 2.00 bits per heavy atom. The number of rotatable bonds is 1. The SMILES string of the molecule is Cc1cccc(C2CCC(=O)NC2=O)c1C. The third-order valence-corrected chi connectivity index (χ3v) is 3.26. The number of hydrogen-bond donors (Lipinski definition) is 1. The summed E-state index contributed by atoms with van der Waals surface area (Å²) in [6.07, 6.45) is 1.05. The predicted molar refractivity (Wildman–Crippen MR) is 61.0 cm³/mol. The number of piperidine rings is 1. The van der Waals surface area contributed by atoms with E-state index in [1.807, 2.05) is 32.0 Å². The highest BCUT2D eigenvalue weighted by atomic mass is 16.2. The molecular weight excluding hydrogens is 202 g/mol. The lowest BCUT2D eigenvalue weighted by Gasteiger charge is -2.23. The van der Waals surface area contributed by atoms with Crippen LogP contribution in [0, 0.1) is 13.8 Å². The number of aryl methyl sites for hydroxylation is 1. The van der Waals surface area contributed by atoms with Crippen LogP contribution in [0.2, 0.25) is 0 Å². The highest BCUT2D eigenvalue weighted by Gasteiger charge is 2.28. The molecule has 1 heterocycles. The maximum absolute atomic E-state index is 11.7. The zero-order chi connectivity index (χ0) is 11.7. The summed E-state index contributed by atoms with van der Waals surface area (Å²) < 4.78 is 0. The van der Waals surface area contributed by atoms with E-state index in [0.717, 1.165) is 11.1 Å². The molecule has 2 rings (SSSR count). The fourth-order valence-electron chi connectivity index (χ4n) is 2.14. The van der Waals surface area contributed by atoms with Crippen molar-refractivity contribution in [1.82, 2.24) is 5.32 Å². The van der Waals surface area contributed by atoms with Gasteiger partial charge in [-0.05, 0) is 37.0 Å². The van der Waals surface area contributed by atoms with Crippen molar-refractivity contribution in [3.8, 4) is 0 Å². The molecule has 16 heavy (non-hydrogen) atoms. The predicted octanol–water partition coefficient (Wildman–Crippen LogP) is 1.82. The van der Waals surface area contributed by atoms with Gasteiger partial charge < -0.3 is 0 Å². The first kappa shape index (κ1) is 10.9. The Bertz CT molecular complexity index is 451. The molecule has 0 radical (unpaired) electrons. The molecule has 1 aromatic rings. The Morgan fingerprint density at radius 1 is 1.25 bits per heavy atom. The van der Waals surface area contributed by atoms with Gasteiger partial charge in [-0.2, -0.15) is 0 Å². The van der Waals surface area contributed by atoms with Gasteiger partial charge in [0, 0.05) is 6.42 Å². The molecule has 1 unspecified atom stereocenters. The van der Waals surface area contributed by atoms with Gasteiger partial charge in [-0.15, -0.1) is 0 Å². The van der Waals surface area contributed by atoms with Gasteiger partial charge in [0.1, 0.15) is 0 Å². The summed E-state index contributed by atoms with van der Waals surface area (Å²) in [6, 6.07) is 5.97. The van der Waals surface area contributed by atoms with Crippen molar-refractivity contribution >= 4 is 11.8 Å². The molecule has 84 valence electrons. The number of imide groups is 1. The van der Waals surface area contributed by atoms with E-state index < -0.39 is 0 Å². The van der Waals surface area contributed by atoms with E-state index in [-0.39, 0.29) is 17.7 Å². The van der Waals surface area contributed by atoms with E-state index in [0.29, 0.717) is 12.8 Å². The lowest BCUT2D eigenvalue weighted by molar-refractivity contribution is -0.134. The van der Waals surface area contributed by atoms with Gasteiger partial charge in [0.05, 0.1) is 5.92 Å². The third-order valence-electron chi connectivity index (χ3n) is 3.26. The van der Waals surface area contributed by atoms with Crippen LogP contribution in [0.25, 0.3) is 0 Å². The van der Waals surface area contributed by atoms with Crippen molar-refractivity contribution < 1.29 is 9.59 Å². The zero-order valence-electron chi connectivity index (χ0n) is 9.54. The minimum Gasteiger partial charge on any atom is -0.296 e. The summed E-state index contributed by atoms with van der Waals surface area (Å²) in [7, 11) is 0. The maximum atomic E-state index is 11.7. The van der Waals surface area contributed by atoms with Crippen molar-refractivity contribution in [2.24, 2.45) is 0 Å². The Labute approximate surface area is 94.9 Å². The van der Waals surface area contributed by atoms with Crippen molar-refractivity contribution in [2.75, 3.05) is 0 Å². The molecule has 1 N–H and O–H groups in total.